The molecule has 1 unspecified atom stereocenters. The summed E-state index contributed by atoms with van der Waals surface area (Å²) in [6.07, 6.45) is 4.41. The smallest absolute Gasteiger partial charge is 0.225 e. The predicted molar refractivity (Wildman–Crippen MR) is 88.0 cm³/mol. The van der Waals surface area contributed by atoms with E-state index < -0.39 is 0 Å². The first-order valence-electron chi connectivity index (χ1n) is 7.20. The second kappa shape index (κ2) is 7.38. The number of nitrogens with zero attached hydrogens (tertiary/aromatic N) is 3. The van der Waals surface area contributed by atoms with E-state index in [-0.39, 0.29) is 18.3 Å². The van der Waals surface area contributed by atoms with E-state index in [1.165, 1.54) is 0 Å². The largest absolute Gasteiger partial charge is 0.326 e. The van der Waals surface area contributed by atoms with Crippen molar-refractivity contribution in [3.63, 3.8) is 0 Å². The van der Waals surface area contributed by atoms with Crippen LogP contribution in [0.2, 0.25) is 0 Å². The van der Waals surface area contributed by atoms with Crippen LogP contribution in [0.4, 0.5) is 5.69 Å². The van der Waals surface area contributed by atoms with Gasteiger partial charge in [-0.3, -0.25) is 4.79 Å². The van der Waals surface area contributed by atoms with Gasteiger partial charge in [0.15, 0.2) is 5.82 Å². The third kappa shape index (κ3) is 3.84. The van der Waals surface area contributed by atoms with Crippen molar-refractivity contribution in [1.82, 2.24) is 20.1 Å². The molecular formula is C15H20ClN5O. The fourth-order valence-electron chi connectivity index (χ4n) is 2.65. The summed E-state index contributed by atoms with van der Waals surface area (Å²) < 4.78 is 1.85. The lowest BCUT2D eigenvalue weighted by atomic mass is 10.1. The number of amides is 1. The molecule has 2 heterocycles. The van der Waals surface area contributed by atoms with Crippen LogP contribution in [0.1, 0.15) is 19.3 Å². The lowest BCUT2D eigenvalue weighted by molar-refractivity contribution is -0.116. The summed E-state index contributed by atoms with van der Waals surface area (Å²) in [5.41, 5.74) is 1.73. The van der Waals surface area contributed by atoms with Gasteiger partial charge >= 0.3 is 0 Å². The number of carbonyl (C=O) groups excluding carboxylic acids is 1. The molecule has 6 nitrogen and oxygen atoms in total. The molecule has 2 N–H and O–H groups in total. The third-order valence-electron chi connectivity index (χ3n) is 3.71. The maximum Gasteiger partial charge on any atom is 0.225 e. The average Bonchev–Trinajstić information content (AvgIpc) is 3.10. The van der Waals surface area contributed by atoms with Gasteiger partial charge in [0, 0.05) is 30.8 Å². The van der Waals surface area contributed by atoms with Crippen LogP contribution in [-0.4, -0.2) is 33.3 Å². The molecule has 1 atom stereocenters. The standard InChI is InChI=1S/C15H19N5O.ClH/c1-20-10-17-19-15(20)11-4-2-5-13(8-11)18-14(21)9-12-6-3-7-16-12;/h2,4-5,8,10,12,16H,3,6-7,9H2,1H3,(H,18,21);1H. The van der Waals surface area contributed by atoms with Crippen LogP contribution in [0.5, 0.6) is 0 Å². The normalized spacial score (nSPS) is 17.0. The predicted octanol–water partition coefficient (Wildman–Crippen LogP) is 1.98. The highest BCUT2D eigenvalue weighted by Crippen LogP contribution is 2.20. The lowest BCUT2D eigenvalue weighted by Gasteiger charge is -2.11. The molecule has 1 fully saturated rings. The molecule has 1 saturated heterocycles. The van der Waals surface area contributed by atoms with Crippen LogP contribution in [-0.2, 0) is 11.8 Å². The van der Waals surface area contributed by atoms with Crippen LogP contribution >= 0.6 is 12.4 Å². The molecule has 1 aliphatic heterocycles. The van der Waals surface area contributed by atoms with E-state index in [0.29, 0.717) is 12.5 Å². The van der Waals surface area contributed by atoms with Crippen molar-refractivity contribution in [2.45, 2.75) is 25.3 Å². The summed E-state index contributed by atoms with van der Waals surface area (Å²) >= 11 is 0. The average molecular weight is 322 g/mol. The van der Waals surface area contributed by atoms with Gasteiger partial charge in [0.25, 0.3) is 0 Å². The minimum absolute atomic E-state index is 0. The maximum atomic E-state index is 12.0. The van der Waals surface area contributed by atoms with Crippen LogP contribution in [0.3, 0.4) is 0 Å². The first kappa shape index (κ1) is 16.5. The zero-order valence-corrected chi connectivity index (χ0v) is 13.3. The van der Waals surface area contributed by atoms with Gasteiger partial charge in [-0.05, 0) is 31.5 Å². The van der Waals surface area contributed by atoms with Crippen LogP contribution in [0, 0.1) is 0 Å². The van der Waals surface area contributed by atoms with Gasteiger partial charge < -0.3 is 15.2 Å². The van der Waals surface area contributed by atoms with E-state index in [9.17, 15) is 4.79 Å². The lowest BCUT2D eigenvalue weighted by Crippen LogP contribution is -2.27. The Hall–Kier alpha value is -1.92. The molecule has 7 heteroatoms. The van der Waals surface area contributed by atoms with Crippen LogP contribution in [0.25, 0.3) is 11.4 Å². The van der Waals surface area contributed by atoms with Crippen molar-refractivity contribution in [3.05, 3.63) is 30.6 Å². The SMILES string of the molecule is Cl.Cn1cnnc1-c1cccc(NC(=O)CC2CCCN2)c1. The van der Waals surface area contributed by atoms with Crippen molar-refractivity contribution in [3.8, 4) is 11.4 Å². The van der Waals surface area contributed by atoms with E-state index in [4.69, 9.17) is 0 Å². The molecule has 22 heavy (non-hydrogen) atoms. The number of hydrogen-bond donors (Lipinski definition) is 2. The Morgan fingerprint density at radius 1 is 1.50 bits per heavy atom. The van der Waals surface area contributed by atoms with Crippen LogP contribution in [0.15, 0.2) is 30.6 Å². The summed E-state index contributed by atoms with van der Waals surface area (Å²) in [6, 6.07) is 7.99. The molecule has 1 amide bonds. The summed E-state index contributed by atoms with van der Waals surface area (Å²) in [7, 11) is 1.90. The van der Waals surface area contributed by atoms with Crippen molar-refractivity contribution in [1.29, 1.82) is 0 Å². The first-order valence-corrected chi connectivity index (χ1v) is 7.20. The molecule has 0 bridgehead atoms. The summed E-state index contributed by atoms with van der Waals surface area (Å²) in [5.74, 6) is 0.827. The van der Waals surface area contributed by atoms with Crippen molar-refractivity contribution in [2.75, 3.05) is 11.9 Å². The minimum atomic E-state index is 0. The Balaban J connectivity index is 0.00000176. The molecule has 118 valence electrons. The fraction of sp³-hybridized carbons (Fsp3) is 0.400. The number of anilines is 1. The van der Waals surface area contributed by atoms with Gasteiger partial charge in [0.2, 0.25) is 5.91 Å². The molecule has 3 rings (SSSR count). The van der Waals surface area contributed by atoms with Crippen molar-refractivity contribution >= 4 is 24.0 Å². The number of rotatable bonds is 4. The highest BCUT2D eigenvalue weighted by Gasteiger charge is 2.17. The highest BCUT2D eigenvalue weighted by molar-refractivity contribution is 5.91. The molecule has 1 aliphatic rings. The Morgan fingerprint density at radius 3 is 3.05 bits per heavy atom. The molecule has 1 aromatic heterocycles. The fourth-order valence-corrected chi connectivity index (χ4v) is 2.65. The van der Waals surface area contributed by atoms with Gasteiger partial charge in [0.1, 0.15) is 6.33 Å². The second-order valence-corrected chi connectivity index (χ2v) is 5.39. The molecule has 0 saturated carbocycles. The monoisotopic (exact) mass is 321 g/mol. The number of aryl methyl sites for hydroxylation is 1. The number of aromatic nitrogens is 3. The Labute approximate surface area is 135 Å². The van der Waals surface area contributed by atoms with Gasteiger partial charge in [-0.2, -0.15) is 0 Å². The molecule has 0 aliphatic carbocycles. The summed E-state index contributed by atoms with van der Waals surface area (Å²) in [4.78, 5) is 12.0. The van der Waals surface area contributed by atoms with Gasteiger partial charge in [-0.15, -0.1) is 22.6 Å². The Bertz CT molecular complexity index is 636. The second-order valence-electron chi connectivity index (χ2n) is 5.39. The quantitative estimate of drug-likeness (QED) is 0.903. The van der Waals surface area contributed by atoms with Crippen LogP contribution < -0.4 is 10.6 Å². The number of halogens is 1. The molecule has 1 aromatic carbocycles. The summed E-state index contributed by atoms with van der Waals surface area (Å²) in [6.45, 7) is 1.01. The van der Waals surface area contributed by atoms with Crippen molar-refractivity contribution < 1.29 is 4.79 Å². The van der Waals surface area contributed by atoms with Gasteiger partial charge in [-0.1, -0.05) is 12.1 Å². The van der Waals surface area contributed by atoms with E-state index >= 15 is 0 Å². The number of nitrogens with one attached hydrogen (secondary N) is 2. The van der Waals surface area contributed by atoms with E-state index in [0.717, 1.165) is 36.5 Å². The maximum absolute atomic E-state index is 12.0. The number of hydrogen-bond acceptors (Lipinski definition) is 4. The number of carbonyl (C=O) groups is 1. The molecule has 2 aromatic rings. The Morgan fingerprint density at radius 2 is 2.36 bits per heavy atom. The molecular weight excluding hydrogens is 302 g/mol. The minimum Gasteiger partial charge on any atom is -0.326 e. The topological polar surface area (TPSA) is 71.8 Å². The molecule has 0 spiro atoms. The summed E-state index contributed by atoms with van der Waals surface area (Å²) in [5, 5.41) is 14.2. The van der Waals surface area contributed by atoms with E-state index in [1.807, 2.05) is 35.9 Å². The molecule has 0 radical (unpaired) electrons. The number of benzene rings is 1. The highest BCUT2D eigenvalue weighted by atomic mass is 35.5. The first-order chi connectivity index (χ1) is 10.2. The van der Waals surface area contributed by atoms with Gasteiger partial charge in [0.05, 0.1) is 0 Å². The zero-order chi connectivity index (χ0) is 14.7. The van der Waals surface area contributed by atoms with E-state index in [1.54, 1.807) is 6.33 Å². The Kier molecular flexibility index (Phi) is 5.51. The van der Waals surface area contributed by atoms with E-state index in [2.05, 4.69) is 20.8 Å². The third-order valence-corrected chi connectivity index (χ3v) is 3.71. The zero-order valence-electron chi connectivity index (χ0n) is 12.5. The van der Waals surface area contributed by atoms with Gasteiger partial charge in [-0.25, -0.2) is 0 Å². The van der Waals surface area contributed by atoms with Crippen molar-refractivity contribution in [2.24, 2.45) is 7.05 Å².